The van der Waals surface area contributed by atoms with Crippen molar-refractivity contribution in [2.75, 3.05) is 14.1 Å². The Morgan fingerprint density at radius 1 is 1.46 bits per heavy atom. The highest BCUT2D eigenvalue weighted by Gasteiger charge is 2.42. The number of rotatable bonds is 2. The molecule has 0 saturated heterocycles. The maximum Gasteiger partial charge on any atom is 0.225 e. The maximum atomic E-state index is 11.4. The molecule has 1 saturated carbocycles. The molecule has 2 atom stereocenters. The summed E-state index contributed by atoms with van der Waals surface area (Å²) in [5.74, 6) is 7.20. The molecule has 0 bridgehead atoms. The van der Waals surface area contributed by atoms with E-state index in [9.17, 15) is 4.79 Å². The molecule has 0 aromatic heterocycles. The van der Waals surface area contributed by atoms with Crippen LogP contribution in [-0.2, 0) is 4.79 Å². The molecule has 72 valence electrons. The van der Waals surface area contributed by atoms with E-state index in [4.69, 9.17) is 0 Å². The van der Waals surface area contributed by atoms with Crippen molar-refractivity contribution in [2.45, 2.75) is 26.2 Å². The number of nitrogens with zero attached hydrogens (tertiary/aromatic N) is 1. The van der Waals surface area contributed by atoms with E-state index in [1.54, 1.807) is 4.90 Å². The van der Waals surface area contributed by atoms with E-state index in [2.05, 4.69) is 11.8 Å². The third kappa shape index (κ3) is 2.77. The number of carbonyl (C=O) groups is 1. The lowest BCUT2D eigenvalue weighted by molar-refractivity contribution is -0.130. The van der Waals surface area contributed by atoms with Gasteiger partial charge in [0.15, 0.2) is 0 Å². The average molecular weight is 179 g/mol. The van der Waals surface area contributed by atoms with Crippen LogP contribution in [0.2, 0.25) is 0 Å². The van der Waals surface area contributed by atoms with Gasteiger partial charge < -0.3 is 4.90 Å². The van der Waals surface area contributed by atoms with Gasteiger partial charge in [0.05, 0.1) is 0 Å². The van der Waals surface area contributed by atoms with Crippen molar-refractivity contribution in [1.29, 1.82) is 0 Å². The predicted molar refractivity (Wildman–Crippen MR) is 53.0 cm³/mol. The second-order valence-electron chi connectivity index (χ2n) is 3.75. The molecule has 0 N–H and O–H groups in total. The van der Waals surface area contributed by atoms with Gasteiger partial charge in [0.2, 0.25) is 5.91 Å². The quantitative estimate of drug-likeness (QED) is 0.588. The first-order valence-electron chi connectivity index (χ1n) is 4.83. The van der Waals surface area contributed by atoms with Gasteiger partial charge in [-0.1, -0.05) is 6.92 Å². The summed E-state index contributed by atoms with van der Waals surface area (Å²) in [7, 11) is 3.63. The summed E-state index contributed by atoms with van der Waals surface area (Å²) in [6.07, 6.45) is 2.85. The molecule has 1 rings (SSSR count). The Bertz CT molecular complexity index is 247. The molecule has 0 radical (unpaired) electrons. The second kappa shape index (κ2) is 4.32. The Morgan fingerprint density at radius 3 is 2.69 bits per heavy atom. The summed E-state index contributed by atoms with van der Waals surface area (Å²) >= 11 is 0. The van der Waals surface area contributed by atoms with Crippen LogP contribution in [0.1, 0.15) is 26.2 Å². The molecule has 1 aliphatic carbocycles. The highest BCUT2D eigenvalue weighted by Crippen LogP contribution is 2.41. The molecule has 0 aliphatic heterocycles. The van der Waals surface area contributed by atoms with Gasteiger partial charge in [0.1, 0.15) is 0 Å². The highest BCUT2D eigenvalue weighted by atomic mass is 16.2. The molecule has 1 amide bonds. The lowest BCUT2D eigenvalue weighted by atomic mass is 10.2. The van der Waals surface area contributed by atoms with Crippen LogP contribution in [0.4, 0.5) is 0 Å². The summed E-state index contributed by atoms with van der Waals surface area (Å²) in [6, 6.07) is 0. The third-order valence-electron chi connectivity index (χ3n) is 2.35. The van der Waals surface area contributed by atoms with Crippen LogP contribution in [0.5, 0.6) is 0 Å². The van der Waals surface area contributed by atoms with Gasteiger partial charge in [-0.25, -0.2) is 0 Å². The highest BCUT2D eigenvalue weighted by molar-refractivity contribution is 5.81. The minimum atomic E-state index is 0.265. The molecule has 2 nitrogen and oxygen atoms in total. The summed E-state index contributed by atoms with van der Waals surface area (Å²) in [6.45, 7) is 2.04. The summed E-state index contributed by atoms with van der Waals surface area (Å²) in [5, 5.41) is 0. The van der Waals surface area contributed by atoms with Crippen molar-refractivity contribution in [2.24, 2.45) is 11.8 Å². The van der Waals surface area contributed by atoms with Gasteiger partial charge in [0.25, 0.3) is 0 Å². The Morgan fingerprint density at radius 2 is 2.15 bits per heavy atom. The first-order chi connectivity index (χ1) is 6.16. The Kier molecular flexibility index (Phi) is 3.36. The molecule has 0 heterocycles. The SMILES string of the molecule is CCC#CCC1CC1C(=O)N(C)C. The monoisotopic (exact) mass is 179 g/mol. The van der Waals surface area contributed by atoms with Gasteiger partial charge in [-0.05, 0) is 12.3 Å². The fourth-order valence-electron chi connectivity index (χ4n) is 1.44. The van der Waals surface area contributed by atoms with Crippen molar-refractivity contribution in [3.05, 3.63) is 0 Å². The van der Waals surface area contributed by atoms with Crippen LogP contribution >= 0.6 is 0 Å². The number of carbonyl (C=O) groups excluding carboxylic acids is 1. The van der Waals surface area contributed by atoms with Gasteiger partial charge in [-0.3, -0.25) is 4.79 Å². The first kappa shape index (κ1) is 10.1. The van der Waals surface area contributed by atoms with Crippen LogP contribution in [0.15, 0.2) is 0 Å². The fraction of sp³-hybridized carbons (Fsp3) is 0.727. The van der Waals surface area contributed by atoms with Crippen LogP contribution in [-0.4, -0.2) is 24.9 Å². The Hall–Kier alpha value is -0.970. The zero-order chi connectivity index (χ0) is 9.84. The largest absolute Gasteiger partial charge is 0.349 e. The predicted octanol–water partition coefficient (Wildman–Crippen LogP) is 1.51. The minimum absolute atomic E-state index is 0.265. The molecule has 1 fully saturated rings. The van der Waals surface area contributed by atoms with Gasteiger partial charge in [0, 0.05) is 32.9 Å². The van der Waals surface area contributed by atoms with Crippen LogP contribution in [0, 0.1) is 23.7 Å². The van der Waals surface area contributed by atoms with E-state index in [1.807, 2.05) is 21.0 Å². The third-order valence-corrected chi connectivity index (χ3v) is 2.35. The minimum Gasteiger partial charge on any atom is -0.349 e. The Balaban J connectivity index is 2.26. The zero-order valence-electron chi connectivity index (χ0n) is 8.63. The maximum absolute atomic E-state index is 11.4. The van der Waals surface area contributed by atoms with Gasteiger partial charge >= 0.3 is 0 Å². The van der Waals surface area contributed by atoms with Crippen LogP contribution in [0.3, 0.4) is 0 Å². The fourth-order valence-corrected chi connectivity index (χ4v) is 1.44. The van der Waals surface area contributed by atoms with Crippen molar-refractivity contribution >= 4 is 5.91 Å². The van der Waals surface area contributed by atoms with E-state index in [1.165, 1.54) is 0 Å². The first-order valence-corrected chi connectivity index (χ1v) is 4.83. The van der Waals surface area contributed by atoms with Crippen molar-refractivity contribution in [3.63, 3.8) is 0 Å². The molecule has 1 aliphatic rings. The molecule has 0 aromatic rings. The van der Waals surface area contributed by atoms with Crippen molar-refractivity contribution in [1.82, 2.24) is 4.90 Å². The number of amides is 1. The lowest BCUT2D eigenvalue weighted by Gasteiger charge is -2.08. The summed E-state index contributed by atoms with van der Waals surface area (Å²) in [5.41, 5.74) is 0. The molecular weight excluding hydrogens is 162 g/mol. The normalized spacial score (nSPS) is 24.5. The van der Waals surface area contributed by atoms with Crippen LogP contribution < -0.4 is 0 Å². The van der Waals surface area contributed by atoms with E-state index >= 15 is 0 Å². The molecule has 13 heavy (non-hydrogen) atoms. The number of hydrogen-bond donors (Lipinski definition) is 0. The van der Waals surface area contributed by atoms with E-state index in [0.29, 0.717) is 5.92 Å². The summed E-state index contributed by atoms with van der Waals surface area (Å²) < 4.78 is 0. The lowest BCUT2D eigenvalue weighted by Crippen LogP contribution is -2.23. The molecule has 0 spiro atoms. The average Bonchev–Trinajstić information content (AvgIpc) is 2.83. The van der Waals surface area contributed by atoms with Gasteiger partial charge in [-0.15, -0.1) is 11.8 Å². The smallest absolute Gasteiger partial charge is 0.225 e. The molecule has 2 unspecified atom stereocenters. The Labute approximate surface area is 80.3 Å². The van der Waals surface area contributed by atoms with E-state index in [-0.39, 0.29) is 11.8 Å². The van der Waals surface area contributed by atoms with Gasteiger partial charge in [-0.2, -0.15) is 0 Å². The second-order valence-corrected chi connectivity index (χ2v) is 3.75. The number of hydrogen-bond acceptors (Lipinski definition) is 1. The zero-order valence-corrected chi connectivity index (χ0v) is 8.63. The topological polar surface area (TPSA) is 20.3 Å². The van der Waals surface area contributed by atoms with Crippen molar-refractivity contribution < 1.29 is 4.79 Å². The molecular formula is C11H17NO. The summed E-state index contributed by atoms with van der Waals surface area (Å²) in [4.78, 5) is 13.1. The van der Waals surface area contributed by atoms with Crippen molar-refractivity contribution in [3.8, 4) is 11.8 Å². The standard InChI is InChI=1S/C11H17NO/c1-4-5-6-7-9-8-10(9)11(13)12(2)3/h9-10H,4,7-8H2,1-3H3. The molecule has 2 heteroatoms. The van der Waals surface area contributed by atoms with E-state index in [0.717, 1.165) is 19.3 Å². The van der Waals surface area contributed by atoms with E-state index < -0.39 is 0 Å². The van der Waals surface area contributed by atoms with Crippen LogP contribution in [0.25, 0.3) is 0 Å². The molecule has 0 aromatic carbocycles.